The smallest absolute Gasteiger partial charge is 0.398 e. The molecule has 21 heavy (non-hydrogen) atoms. The van der Waals surface area contributed by atoms with Gasteiger partial charge in [-0.3, -0.25) is 0 Å². The highest BCUT2D eigenvalue weighted by Gasteiger charge is 2.33. The van der Waals surface area contributed by atoms with E-state index in [9.17, 15) is 13.2 Å². The van der Waals surface area contributed by atoms with E-state index >= 15 is 0 Å². The largest absolute Gasteiger partial charge is 0.417 e. The number of fused-ring (bicyclic) bond motifs is 1. The number of nitrogens with two attached hydrogens (primary N) is 1. The summed E-state index contributed by atoms with van der Waals surface area (Å²) in [7, 11) is 0. The highest BCUT2D eigenvalue weighted by atomic mass is 19.4. The van der Waals surface area contributed by atoms with E-state index in [1.54, 1.807) is 30.3 Å². The predicted molar refractivity (Wildman–Crippen MR) is 78.8 cm³/mol. The average Bonchev–Trinajstić information content (AvgIpc) is 2.47. The molecular formula is C17H12F3N. The molecule has 3 rings (SSSR count). The van der Waals surface area contributed by atoms with Crippen molar-refractivity contribution in [2.75, 3.05) is 5.73 Å². The van der Waals surface area contributed by atoms with Crippen molar-refractivity contribution >= 4 is 16.5 Å². The number of anilines is 1. The number of halogens is 3. The maximum atomic E-state index is 13.2. The zero-order chi connectivity index (χ0) is 15.0. The van der Waals surface area contributed by atoms with Crippen molar-refractivity contribution in [3.63, 3.8) is 0 Å². The van der Waals surface area contributed by atoms with E-state index in [0.29, 0.717) is 16.6 Å². The first-order valence-electron chi connectivity index (χ1n) is 6.42. The van der Waals surface area contributed by atoms with Gasteiger partial charge >= 0.3 is 6.18 Å². The normalized spacial score (nSPS) is 11.8. The van der Waals surface area contributed by atoms with Crippen molar-refractivity contribution in [1.82, 2.24) is 0 Å². The molecule has 3 aromatic rings. The molecule has 4 heteroatoms. The number of benzene rings is 3. The van der Waals surface area contributed by atoms with Crippen LogP contribution in [-0.2, 0) is 6.18 Å². The molecule has 0 radical (unpaired) electrons. The first-order chi connectivity index (χ1) is 9.98. The van der Waals surface area contributed by atoms with Gasteiger partial charge in [0.05, 0.1) is 5.56 Å². The van der Waals surface area contributed by atoms with Crippen LogP contribution in [0.2, 0.25) is 0 Å². The Morgan fingerprint density at radius 2 is 1.29 bits per heavy atom. The van der Waals surface area contributed by atoms with Gasteiger partial charge in [-0.05, 0) is 28.6 Å². The van der Waals surface area contributed by atoms with Crippen LogP contribution in [0, 0.1) is 0 Å². The summed E-state index contributed by atoms with van der Waals surface area (Å²) in [5, 5.41) is 1.47. The maximum absolute atomic E-state index is 13.2. The molecule has 3 aromatic carbocycles. The first kappa shape index (κ1) is 13.5. The Labute approximate surface area is 119 Å². The van der Waals surface area contributed by atoms with Gasteiger partial charge in [0.25, 0.3) is 0 Å². The number of hydrogen-bond donors (Lipinski definition) is 1. The highest BCUT2D eigenvalue weighted by Crippen LogP contribution is 2.40. The Balaban J connectivity index is 2.35. The summed E-state index contributed by atoms with van der Waals surface area (Å²) >= 11 is 0. The Bertz CT molecular complexity index is 806. The highest BCUT2D eigenvalue weighted by molar-refractivity contribution is 6.03. The van der Waals surface area contributed by atoms with Crippen molar-refractivity contribution in [3.05, 3.63) is 66.2 Å². The second-order valence-corrected chi connectivity index (χ2v) is 4.79. The van der Waals surface area contributed by atoms with Crippen LogP contribution < -0.4 is 5.73 Å². The third kappa shape index (κ3) is 2.33. The zero-order valence-corrected chi connectivity index (χ0v) is 11.0. The van der Waals surface area contributed by atoms with Gasteiger partial charge in [0.1, 0.15) is 0 Å². The molecule has 0 aromatic heterocycles. The lowest BCUT2D eigenvalue weighted by atomic mass is 9.94. The van der Waals surface area contributed by atoms with Crippen LogP contribution in [0.3, 0.4) is 0 Å². The van der Waals surface area contributed by atoms with E-state index in [1.165, 1.54) is 12.1 Å². The topological polar surface area (TPSA) is 26.0 Å². The standard InChI is InChI=1S/C17H12F3N/c18-17(19,20)15-8-4-3-6-13(15)12-9-10-16(21)14-7-2-1-5-11(12)14/h1-10H,21H2. The number of alkyl halides is 3. The lowest BCUT2D eigenvalue weighted by molar-refractivity contribution is -0.137. The van der Waals surface area contributed by atoms with Crippen molar-refractivity contribution in [2.24, 2.45) is 0 Å². The molecule has 0 atom stereocenters. The number of nitrogen functional groups attached to an aromatic ring is 1. The molecule has 0 bridgehead atoms. The third-order valence-electron chi connectivity index (χ3n) is 3.48. The van der Waals surface area contributed by atoms with Crippen molar-refractivity contribution in [2.45, 2.75) is 6.18 Å². The van der Waals surface area contributed by atoms with Crippen molar-refractivity contribution in [3.8, 4) is 11.1 Å². The first-order valence-corrected chi connectivity index (χ1v) is 6.42. The van der Waals surface area contributed by atoms with Crippen molar-refractivity contribution in [1.29, 1.82) is 0 Å². The number of rotatable bonds is 1. The third-order valence-corrected chi connectivity index (χ3v) is 3.48. The molecule has 0 aliphatic rings. The molecule has 0 heterocycles. The summed E-state index contributed by atoms with van der Waals surface area (Å²) in [5.41, 5.74) is 6.52. The second kappa shape index (κ2) is 4.81. The summed E-state index contributed by atoms with van der Waals surface area (Å²) in [6, 6.07) is 16.1. The Hall–Kier alpha value is -2.49. The SMILES string of the molecule is Nc1ccc(-c2ccccc2C(F)(F)F)c2ccccc12. The molecule has 106 valence electrons. The summed E-state index contributed by atoms with van der Waals surface area (Å²) in [6.45, 7) is 0. The fraction of sp³-hybridized carbons (Fsp3) is 0.0588. The van der Waals surface area contributed by atoms with Crippen LogP contribution >= 0.6 is 0 Å². The molecule has 0 fully saturated rings. The Morgan fingerprint density at radius 3 is 2.00 bits per heavy atom. The van der Waals surface area contributed by atoms with E-state index in [2.05, 4.69) is 0 Å². The van der Waals surface area contributed by atoms with Crippen LogP contribution in [-0.4, -0.2) is 0 Å². The molecule has 0 saturated heterocycles. The van der Waals surface area contributed by atoms with Crippen LogP contribution in [0.4, 0.5) is 18.9 Å². The van der Waals surface area contributed by atoms with Crippen molar-refractivity contribution < 1.29 is 13.2 Å². The Morgan fingerprint density at radius 1 is 0.667 bits per heavy atom. The Kier molecular flexibility index (Phi) is 3.09. The number of hydrogen-bond acceptors (Lipinski definition) is 1. The fourth-order valence-corrected chi connectivity index (χ4v) is 2.52. The van der Waals surface area contributed by atoms with Gasteiger partial charge in [0.2, 0.25) is 0 Å². The van der Waals surface area contributed by atoms with E-state index in [4.69, 9.17) is 5.73 Å². The van der Waals surface area contributed by atoms with Gasteiger partial charge in [-0.1, -0.05) is 48.5 Å². The predicted octanol–water partition coefficient (Wildman–Crippen LogP) is 5.11. The zero-order valence-electron chi connectivity index (χ0n) is 11.0. The minimum Gasteiger partial charge on any atom is -0.398 e. The molecule has 0 spiro atoms. The maximum Gasteiger partial charge on any atom is 0.417 e. The minimum atomic E-state index is -4.39. The summed E-state index contributed by atoms with van der Waals surface area (Å²) < 4.78 is 39.6. The molecule has 0 saturated carbocycles. The van der Waals surface area contributed by atoms with Crippen LogP contribution in [0.15, 0.2) is 60.7 Å². The van der Waals surface area contributed by atoms with Gasteiger partial charge in [-0.25, -0.2) is 0 Å². The van der Waals surface area contributed by atoms with E-state index in [1.807, 2.05) is 12.1 Å². The van der Waals surface area contributed by atoms with E-state index in [-0.39, 0.29) is 5.56 Å². The molecule has 0 aliphatic carbocycles. The van der Waals surface area contributed by atoms with Gasteiger partial charge in [0.15, 0.2) is 0 Å². The van der Waals surface area contributed by atoms with Crippen LogP contribution in [0.5, 0.6) is 0 Å². The average molecular weight is 287 g/mol. The van der Waals surface area contributed by atoms with Crippen LogP contribution in [0.25, 0.3) is 21.9 Å². The van der Waals surface area contributed by atoms with Gasteiger partial charge in [-0.2, -0.15) is 13.2 Å². The van der Waals surface area contributed by atoms with E-state index in [0.717, 1.165) is 11.5 Å². The van der Waals surface area contributed by atoms with E-state index < -0.39 is 11.7 Å². The van der Waals surface area contributed by atoms with Crippen LogP contribution in [0.1, 0.15) is 5.56 Å². The van der Waals surface area contributed by atoms with Gasteiger partial charge < -0.3 is 5.73 Å². The summed E-state index contributed by atoms with van der Waals surface area (Å²) in [5.74, 6) is 0. The molecular weight excluding hydrogens is 275 g/mol. The summed E-state index contributed by atoms with van der Waals surface area (Å²) in [4.78, 5) is 0. The minimum absolute atomic E-state index is 0.168. The molecule has 0 unspecified atom stereocenters. The quantitative estimate of drug-likeness (QED) is 0.618. The summed E-state index contributed by atoms with van der Waals surface area (Å²) in [6.07, 6.45) is -4.39. The molecule has 1 nitrogen and oxygen atoms in total. The lowest BCUT2D eigenvalue weighted by Gasteiger charge is -2.15. The van der Waals surface area contributed by atoms with Gasteiger partial charge in [0, 0.05) is 11.1 Å². The fourth-order valence-electron chi connectivity index (χ4n) is 2.52. The lowest BCUT2D eigenvalue weighted by Crippen LogP contribution is -2.07. The molecule has 0 amide bonds. The molecule has 2 N–H and O–H groups in total. The molecule has 0 aliphatic heterocycles. The van der Waals surface area contributed by atoms with Gasteiger partial charge in [-0.15, -0.1) is 0 Å². The monoisotopic (exact) mass is 287 g/mol. The second-order valence-electron chi connectivity index (χ2n) is 4.79.